The van der Waals surface area contributed by atoms with Crippen LogP contribution in [0.1, 0.15) is 35.3 Å². The van der Waals surface area contributed by atoms with Crippen LogP contribution in [0.25, 0.3) is 0 Å². The van der Waals surface area contributed by atoms with E-state index in [2.05, 4.69) is 9.88 Å². The number of ether oxygens (including phenoxy) is 1. The predicted octanol–water partition coefficient (Wildman–Crippen LogP) is 1.66. The van der Waals surface area contributed by atoms with Gasteiger partial charge >= 0.3 is 5.97 Å². The lowest BCUT2D eigenvalue weighted by molar-refractivity contribution is 0.0520. The number of hydrogen-bond acceptors (Lipinski definition) is 6. The Hall–Kier alpha value is -0.690. The minimum atomic E-state index is -0.333. The first-order valence-electron chi connectivity index (χ1n) is 6.28. The lowest BCUT2D eigenvalue weighted by Gasteiger charge is -2.29. The molecular weight excluding hydrogens is 286 g/mol. The van der Waals surface area contributed by atoms with Crippen molar-refractivity contribution in [3.63, 3.8) is 0 Å². The third kappa shape index (κ3) is 4.72. The maximum absolute atomic E-state index is 11.5. The Balaban J connectivity index is 0.00000180. The van der Waals surface area contributed by atoms with E-state index >= 15 is 0 Å². The number of halogens is 1. The van der Waals surface area contributed by atoms with E-state index in [-0.39, 0.29) is 18.4 Å². The number of hydrogen-bond donors (Lipinski definition) is 1. The zero-order chi connectivity index (χ0) is 13.0. The van der Waals surface area contributed by atoms with Crippen LogP contribution in [-0.2, 0) is 11.3 Å². The quantitative estimate of drug-likeness (QED) is 0.857. The third-order valence-corrected chi connectivity index (χ3v) is 3.86. The second-order valence-corrected chi connectivity index (χ2v) is 5.40. The normalized spacial score (nSPS) is 16.9. The average Bonchev–Trinajstić information content (AvgIpc) is 2.81. The molecule has 0 aliphatic carbocycles. The zero-order valence-corrected chi connectivity index (χ0v) is 12.6. The smallest absolute Gasteiger partial charge is 0.357 e. The van der Waals surface area contributed by atoms with Crippen LogP contribution in [0.3, 0.4) is 0 Å². The van der Waals surface area contributed by atoms with Gasteiger partial charge in [-0.1, -0.05) is 0 Å². The average molecular weight is 306 g/mol. The molecule has 108 valence electrons. The van der Waals surface area contributed by atoms with Gasteiger partial charge in [0.05, 0.1) is 13.2 Å². The van der Waals surface area contributed by atoms with Gasteiger partial charge in [0, 0.05) is 24.5 Å². The Morgan fingerprint density at radius 2 is 2.26 bits per heavy atom. The van der Waals surface area contributed by atoms with Gasteiger partial charge in [-0.2, -0.15) is 0 Å². The number of carbonyl (C=O) groups excluding carboxylic acids is 1. The molecule has 0 aromatic carbocycles. The summed E-state index contributed by atoms with van der Waals surface area (Å²) < 4.78 is 4.92. The van der Waals surface area contributed by atoms with Gasteiger partial charge in [0.1, 0.15) is 5.01 Å². The van der Waals surface area contributed by atoms with Gasteiger partial charge < -0.3 is 10.5 Å². The van der Waals surface area contributed by atoms with Crippen LogP contribution in [0, 0.1) is 0 Å². The maximum Gasteiger partial charge on any atom is 0.357 e. The zero-order valence-electron chi connectivity index (χ0n) is 11.0. The fraction of sp³-hybridized carbons (Fsp3) is 0.667. The summed E-state index contributed by atoms with van der Waals surface area (Å²) in [6, 6.07) is 0.340. The van der Waals surface area contributed by atoms with Gasteiger partial charge in [0.2, 0.25) is 0 Å². The van der Waals surface area contributed by atoms with E-state index in [4.69, 9.17) is 10.5 Å². The van der Waals surface area contributed by atoms with Crippen molar-refractivity contribution in [2.45, 2.75) is 32.4 Å². The first-order chi connectivity index (χ1) is 8.69. The summed E-state index contributed by atoms with van der Waals surface area (Å²) in [4.78, 5) is 18.1. The van der Waals surface area contributed by atoms with Crippen molar-refractivity contribution >= 4 is 29.7 Å². The fourth-order valence-corrected chi connectivity index (χ4v) is 2.79. The molecule has 7 heteroatoms. The third-order valence-electron chi connectivity index (χ3n) is 3.03. The van der Waals surface area contributed by atoms with Gasteiger partial charge in [0.15, 0.2) is 5.69 Å². The molecule has 0 unspecified atom stereocenters. The van der Waals surface area contributed by atoms with E-state index in [1.807, 2.05) is 0 Å². The van der Waals surface area contributed by atoms with Crippen LogP contribution >= 0.6 is 23.7 Å². The number of likely N-dealkylation sites (tertiary alicyclic amines) is 1. The minimum absolute atomic E-state index is 0. The van der Waals surface area contributed by atoms with Crippen LogP contribution in [0.15, 0.2) is 5.38 Å². The highest BCUT2D eigenvalue weighted by Crippen LogP contribution is 2.16. The van der Waals surface area contributed by atoms with Crippen molar-refractivity contribution in [3.8, 4) is 0 Å². The Morgan fingerprint density at radius 1 is 1.58 bits per heavy atom. The Morgan fingerprint density at radius 3 is 2.89 bits per heavy atom. The number of piperidine rings is 1. The molecule has 0 bridgehead atoms. The summed E-state index contributed by atoms with van der Waals surface area (Å²) in [5.74, 6) is -0.333. The number of nitrogens with zero attached hydrogens (tertiary/aromatic N) is 2. The summed E-state index contributed by atoms with van der Waals surface area (Å²) in [6.45, 7) is 5.00. The Labute approximate surface area is 123 Å². The number of thiazole rings is 1. The predicted molar refractivity (Wildman–Crippen MR) is 77.8 cm³/mol. The molecule has 1 aliphatic rings. The van der Waals surface area contributed by atoms with Gasteiger partial charge in [-0.05, 0) is 19.8 Å². The van der Waals surface area contributed by atoms with Gasteiger partial charge in [0.25, 0.3) is 0 Å². The van der Waals surface area contributed by atoms with Crippen molar-refractivity contribution in [1.29, 1.82) is 0 Å². The molecule has 1 aromatic rings. The van der Waals surface area contributed by atoms with Crippen molar-refractivity contribution < 1.29 is 9.53 Å². The Bertz CT molecular complexity index is 405. The SMILES string of the molecule is CCOC(=O)c1csc(CN2CCC(N)CC2)n1.Cl. The summed E-state index contributed by atoms with van der Waals surface area (Å²) in [6.07, 6.45) is 2.08. The lowest BCUT2D eigenvalue weighted by Crippen LogP contribution is -2.39. The molecule has 2 heterocycles. The first-order valence-corrected chi connectivity index (χ1v) is 7.16. The highest BCUT2D eigenvalue weighted by molar-refractivity contribution is 7.09. The summed E-state index contributed by atoms with van der Waals surface area (Å²) in [7, 11) is 0. The van der Waals surface area contributed by atoms with Crippen molar-refractivity contribution in [1.82, 2.24) is 9.88 Å². The highest BCUT2D eigenvalue weighted by atomic mass is 35.5. The fourth-order valence-electron chi connectivity index (χ4n) is 1.98. The summed E-state index contributed by atoms with van der Waals surface area (Å²) >= 11 is 1.51. The molecule has 19 heavy (non-hydrogen) atoms. The number of nitrogens with two attached hydrogens (primary N) is 1. The molecule has 0 atom stereocenters. The van der Waals surface area contributed by atoms with Gasteiger partial charge in [-0.3, -0.25) is 4.90 Å². The highest BCUT2D eigenvalue weighted by Gasteiger charge is 2.18. The molecule has 1 fully saturated rings. The number of esters is 1. The monoisotopic (exact) mass is 305 g/mol. The molecular formula is C12H20ClN3O2S. The van der Waals surface area contributed by atoms with E-state index < -0.39 is 0 Å². The molecule has 0 saturated carbocycles. The van der Waals surface area contributed by atoms with Crippen molar-refractivity contribution in [2.24, 2.45) is 5.73 Å². The molecule has 0 radical (unpaired) electrons. The second-order valence-electron chi connectivity index (χ2n) is 4.46. The molecule has 1 aliphatic heterocycles. The number of aromatic nitrogens is 1. The Kier molecular flexibility index (Phi) is 6.71. The largest absolute Gasteiger partial charge is 0.461 e. The van der Waals surface area contributed by atoms with E-state index in [0.29, 0.717) is 18.3 Å². The first kappa shape index (κ1) is 16.4. The van der Waals surface area contributed by atoms with Crippen molar-refractivity contribution in [3.05, 3.63) is 16.1 Å². The van der Waals surface area contributed by atoms with Gasteiger partial charge in [-0.15, -0.1) is 23.7 Å². The molecule has 5 nitrogen and oxygen atoms in total. The van der Waals surface area contributed by atoms with Crippen LogP contribution < -0.4 is 5.73 Å². The van der Waals surface area contributed by atoms with Crippen LogP contribution in [0.2, 0.25) is 0 Å². The molecule has 1 saturated heterocycles. The molecule has 2 rings (SSSR count). The van der Waals surface area contributed by atoms with Crippen molar-refractivity contribution in [2.75, 3.05) is 19.7 Å². The van der Waals surface area contributed by atoms with Gasteiger partial charge in [-0.25, -0.2) is 9.78 Å². The van der Waals surface area contributed by atoms with Crippen LogP contribution in [0.5, 0.6) is 0 Å². The number of carbonyl (C=O) groups is 1. The summed E-state index contributed by atoms with van der Waals surface area (Å²) in [5.41, 5.74) is 6.29. The molecule has 0 spiro atoms. The lowest BCUT2D eigenvalue weighted by atomic mass is 10.1. The van der Waals surface area contributed by atoms with E-state index in [1.54, 1.807) is 12.3 Å². The number of rotatable bonds is 4. The van der Waals surface area contributed by atoms with E-state index in [1.165, 1.54) is 11.3 Å². The van der Waals surface area contributed by atoms with E-state index in [0.717, 1.165) is 37.5 Å². The maximum atomic E-state index is 11.5. The molecule has 1 aromatic heterocycles. The van der Waals surface area contributed by atoms with Crippen LogP contribution in [0.4, 0.5) is 0 Å². The second kappa shape index (κ2) is 7.79. The minimum Gasteiger partial charge on any atom is -0.461 e. The molecule has 0 amide bonds. The van der Waals surface area contributed by atoms with E-state index in [9.17, 15) is 4.79 Å². The topological polar surface area (TPSA) is 68.5 Å². The summed E-state index contributed by atoms with van der Waals surface area (Å²) in [5, 5.41) is 2.73. The molecule has 2 N–H and O–H groups in total. The van der Waals surface area contributed by atoms with Crippen LogP contribution in [-0.4, -0.2) is 41.6 Å². The standard InChI is InChI=1S/C12H19N3O2S.ClH/c1-2-17-12(16)10-8-18-11(14-10)7-15-5-3-9(13)4-6-15;/h8-9H,2-7,13H2,1H3;1H.